The smallest absolute Gasteiger partial charge is 0.0572 e. The van der Waals surface area contributed by atoms with Crippen LogP contribution in [0, 0.1) is 6.92 Å². The monoisotopic (exact) mass is 247 g/mol. The van der Waals surface area contributed by atoms with Gasteiger partial charge in [-0.05, 0) is 56.7 Å². The van der Waals surface area contributed by atoms with Crippen LogP contribution in [0.1, 0.15) is 36.8 Å². The summed E-state index contributed by atoms with van der Waals surface area (Å²) in [5.41, 5.74) is 2.87. The van der Waals surface area contributed by atoms with Crippen molar-refractivity contribution in [1.82, 2.24) is 5.32 Å². The molecule has 0 aliphatic heterocycles. The summed E-state index contributed by atoms with van der Waals surface area (Å²) in [6.07, 6.45) is 6.56. The van der Waals surface area contributed by atoms with Crippen LogP contribution in [0.15, 0.2) is 24.3 Å². The van der Waals surface area contributed by atoms with Gasteiger partial charge >= 0.3 is 0 Å². The molecule has 1 saturated carbocycles. The van der Waals surface area contributed by atoms with Crippen LogP contribution >= 0.6 is 0 Å². The van der Waals surface area contributed by atoms with E-state index in [0.717, 1.165) is 13.0 Å². The standard InChI is InChI=1S/C16H25NO/c1-13-5-3-4-6-14(13)11-12-17-15-7-9-16(18-2)10-8-15/h3-6,15-17H,7-12H2,1-2H3. The number of methoxy groups -OCH3 is 1. The van der Waals surface area contributed by atoms with Crippen LogP contribution in [0.3, 0.4) is 0 Å². The van der Waals surface area contributed by atoms with Gasteiger partial charge in [0.2, 0.25) is 0 Å². The highest BCUT2D eigenvalue weighted by Crippen LogP contribution is 2.20. The van der Waals surface area contributed by atoms with Gasteiger partial charge in [0.1, 0.15) is 0 Å². The molecule has 0 aromatic heterocycles. The highest BCUT2D eigenvalue weighted by atomic mass is 16.5. The number of aryl methyl sites for hydroxylation is 1. The molecule has 1 N–H and O–H groups in total. The molecule has 2 heteroatoms. The first-order valence-corrected chi connectivity index (χ1v) is 7.10. The second-order valence-electron chi connectivity index (χ2n) is 5.34. The normalized spacial score (nSPS) is 24.1. The van der Waals surface area contributed by atoms with Crippen molar-refractivity contribution < 1.29 is 4.74 Å². The predicted octanol–water partition coefficient (Wildman–Crippen LogP) is 3.08. The van der Waals surface area contributed by atoms with Crippen LogP contribution in [-0.4, -0.2) is 25.8 Å². The average Bonchev–Trinajstić information content (AvgIpc) is 2.42. The zero-order valence-corrected chi connectivity index (χ0v) is 11.6. The van der Waals surface area contributed by atoms with E-state index in [2.05, 4.69) is 36.5 Å². The Labute approximate surface area is 111 Å². The van der Waals surface area contributed by atoms with Crippen LogP contribution in [0.25, 0.3) is 0 Å². The molecule has 0 unspecified atom stereocenters. The summed E-state index contributed by atoms with van der Waals surface area (Å²) < 4.78 is 5.40. The SMILES string of the molecule is COC1CCC(NCCc2ccccc2C)CC1. The Morgan fingerprint density at radius 2 is 1.89 bits per heavy atom. The molecule has 18 heavy (non-hydrogen) atoms. The zero-order chi connectivity index (χ0) is 12.8. The summed E-state index contributed by atoms with van der Waals surface area (Å²) in [7, 11) is 1.83. The van der Waals surface area contributed by atoms with E-state index in [-0.39, 0.29) is 0 Å². The molecule has 0 bridgehead atoms. The maximum Gasteiger partial charge on any atom is 0.0572 e. The first-order valence-electron chi connectivity index (χ1n) is 7.10. The van der Waals surface area contributed by atoms with Gasteiger partial charge in [0, 0.05) is 13.2 Å². The Morgan fingerprint density at radius 1 is 1.17 bits per heavy atom. The van der Waals surface area contributed by atoms with Crippen molar-refractivity contribution in [2.24, 2.45) is 0 Å². The molecule has 0 heterocycles. The minimum Gasteiger partial charge on any atom is -0.381 e. The van der Waals surface area contributed by atoms with E-state index in [1.54, 1.807) is 0 Å². The van der Waals surface area contributed by atoms with Crippen molar-refractivity contribution in [2.45, 2.75) is 51.2 Å². The van der Waals surface area contributed by atoms with E-state index < -0.39 is 0 Å². The van der Waals surface area contributed by atoms with Gasteiger partial charge in [-0.3, -0.25) is 0 Å². The zero-order valence-electron chi connectivity index (χ0n) is 11.6. The van der Waals surface area contributed by atoms with Crippen molar-refractivity contribution >= 4 is 0 Å². The summed E-state index contributed by atoms with van der Waals surface area (Å²) in [6.45, 7) is 3.28. The molecule has 100 valence electrons. The molecule has 0 saturated heterocycles. The number of hydrogen-bond acceptors (Lipinski definition) is 2. The molecule has 2 rings (SSSR count). The predicted molar refractivity (Wildman–Crippen MR) is 75.9 cm³/mol. The topological polar surface area (TPSA) is 21.3 Å². The van der Waals surface area contributed by atoms with Crippen LogP contribution in [0.2, 0.25) is 0 Å². The minimum atomic E-state index is 0.499. The Kier molecular flexibility index (Phi) is 5.21. The molecule has 1 aliphatic carbocycles. The van der Waals surface area contributed by atoms with Gasteiger partial charge < -0.3 is 10.1 Å². The Balaban J connectivity index is 1.69. The largest absolute Gasteiger partial charge is 0.381 e. The number of nitrogens with one attached hydrogen (secondary N) is 1. The molecule has 1 fully saturated rings. The van der Waals surface area contributed by atoms with Crippen LogP contribution < -0.4 is 5.32 Å². The number of hydrogen-bond donors (Lipinski definition) is 1. The molecule has 0 atom stereocenters. The Bertz CT molecular complexity index is 356. The van der Waals surface area contributed by atoms with Crippen molar-refractivity contribution in [3.8, 4) is 0 Å². The van der Waals surface area contributed by atoms with E-state index in [0.29, 0.717) is 12.1 Å². The Morgan fingerprint density at radius 3 is 2.56 bits per heavy atom. The summed E-state index contributed by atoms with van der Waals surface area (Å²) in [5.74, 6) is 0. The summed E-state index contributed by atoms with van der Waals surface area (Å²) in [4.78, 5) is 0. The van der Waals surface area contributed by atoms with Crippen molar-refractivity contribution in [2.75, 3.05) is 13.7 Å². The molecule has 2 nitrogen and oxygen atoms in total. The summed E-state index contributed by atoms with van der Waals surface area (Å²) in [6, 6.07) is 9.36. The van der Waals surface area contributed by atoms with Gasteiger partial charge in [0.25, 0.3) is 0 Å². The molecule has 1 aromatic carbocycles. The highest BCUT2D eigenvalue weighted by Gasteiger charge is 2.19. The van der Waals surface area contributed by atoms with Gasteiger partial charge in [-0.2, -0.15) is 0 Å². The first kappa shape index (κ1) is 13.6. The van der Waals surface area contributed by atoms with Crippen LogP contribution in [0.4, 0.5) is 0 Å². The quantitative estimate of drug-likeness (QED) is 0.863. The maximum atomic E-state index is 5.40. The van der Waals surface area contributed by atoms with E-state index in [1.165, 1.54) is 36.8 Å². The summed E-state index contributed by atoms with van der Waals surface area (Å²) >= 11 is 0. The lowest BCUT2D eigenvalue weighted by Crippen LogP contribution is -2.36. The lowest BCUT2D eigenvalue weighted by Gasteiger charge is -2.28. The van der Waals surface area contributed by atoms with E-state index in [1.807, 2.05) is 7.11 Å². The molecule has 1 aromatic rings. The third-order valence-corrected chi connectivity index (χ3v) is 4.10. The number of ether oxygens (including phenoxy) is 1. The van der Waals surface area contributed by atoms with Crippen LogP contribution in [0.5, 0.6) is 0 Å². The molecular weight excluding hydrogens is 222 g/mol. The van der Waals surface area contributed by atoms with E-state index in [9.17, 15) is 0 Å². The van der Waals surface area contributed by atoms with E-state index >= 15 is 0 Å². The Hall–Kier alpha value is -0.860. The van der Waals surface area contributed by atoms with Gasteiger partial charge in [-0.1, -0.05) is 24.3 Å². The fraction of sp³-hybridized carbons (Fsp3) is 0.625. The van der Waals surface area contributed by atoms with Gasteiger partial charge in [0.15, 0.2) is 0 Å². The third kappa shape index (κ3) is 3.82. The lowest BCUT2D eigenvalue weighted by atomic mass is 9.93. The molecular formula is C16H25NO. The van der Waals surface area contributed by atoms with Gasteiger partial charge in [-0.15, -0.1) is 0 Å². The first-order chi connectivity index (χ1) is 8.79. The van der Waals surface area contributed by atoms with Gasteiger partial charge in [0.05, 0.1) is 6.10 Å². The maximum absolute atomic E-state index is 5.40. The highest BCUT2D eigenvalue weighted by molar-refractivity contribution is 5.25. The van der Waals surface area contributed by atoms with Crippen molar-refractivity contribution in [3.63, 3.8) is 0 Å². The molecule has 0 radical (unpaired) electrons. The molecule has 0 amide bonds. The van der Waals surface area contributed by atoms with Crippen LogP contribution in [-0.2, 0) is 11.2 Å². The summed E-state index contributed by atoms with van der Waals surface area (Å²) in [5, 5.41) is 3.69. The number of rotatable bonds is 5. The lowest BCUT2D eigenvalue weighted by molar-refractivity contribution is 0.0626. The van der Waals surface area contributed by atoms with Crippen molar-refractivity contribution in [1.29, 1.82) is 0 Å². The second kappa shape index (κ2) is 6.91. The molecule has 1 aliphatic rings. The van der Waals surface area contributed by atoms with Gasteiger partial charge in [-0.25, -0.2) is 0 Å². The minimum absolute atomic E-state index is 0.499. The van der Waals surface area contributed by atoms with Crippen molar-refractivity contribution in [3.05, 3.63) is 35.4 Å². The fourth-order valence-corrected chi connectivity index (χ4v) is 2.80. The molecule has 0 spiro atoms. The van der Waals surface area contributed by atoms with E-state index in [4.69, 9.17) is 4.74 Å². The second-order valence-corrected chi connectivity index (χ2v) is 5.34. The number of benzene rings is 1. The fourth-order valence-electron chi connectivity index (χ4n) is 2.80. The third-order valence-electron chi connectivity index (χ3n) is 4.10. The average molecular weight is 247 g/mol.